The van der Waals surface area contributed by atoms with E-state index in [0.717, 1.165) is 64.6 Å². The first-order valence-corrected chi connectivity index (χ1v) is 10.8. The van der Waals surface area contributed by atoms with Gasteiger partial charge in [-0.25, -0.2) is 0 Å². The van der Waals surface area contributed by atoms with Crippen molar-refractivity contribution in [3.63, 3.8) is 0 Å². The fraction of sp³-hybridized carbons (Fsp3) is 0.944. The first kappa shape index (κ1) is 23.3. The van der Waals surface area contributed by atoms with Gasteiger partial charge >= 0.3 is 0 Å². The normalized spacial score (nSPS) is 23.9. The number of piperidine rings is 1. The number of nitrogens with one attached hydrogen (secondary N) is 1. The lowest BCUT2D eigenvalue weighted by molar-refractivity contribution is -0.0721. The van der Waals surface area contributed by atoms with Crippen LogP contribution in [0, 0.1) is 0 Å². The standard InChI is InChI=1S/C18H35N3O2S.HI/c1-4-19-18(20-13-15(2)24-3)21-10-8-16(9-11-21)23-14-17-7-5-6-12-22-17;/h15-17H,4-14H2,1-3H3,(H,19,20);1H. The first-order valence-electron chi connectivity index (χ1n) is 9.52. The van der Waals surface area contributed by atoms with Crippen molar-refractivity contribution in [3.05, 3.63) is 0 Å². The van der Waals surface area contributed by atoms with E-state index >= 15 is 0 Å². The fourth-order valence-electron chi connectivity index (χ4n) is 3.13. The van der Waals surface area contributed by atoms with Crippen LogP contribution in [0.25, 0.3) is 0 Å². The molecule has 0 aromatic heterocycles. The molecule has 2 unspecified atom stereocenters. The second-order valence-electron chi connectivity index (χ2n) is 6.75. The summed E-state index contributed by atoms with van der Waals surface area (Å²) in [5.41, 5.74) is 0. The summed E-state index contributed by atoms with van der Waals surface area (Å²) < 4.78 is 11.9. The van der Waals surface area contributed by atoms with Gasteiger partial charge in [0.1, 0.15) is 0 Å². The number of rotatable bonds is 7. The van der Waals surface area contributed by atoms with Gasteiger partial charge in [-0.1, -0.05) is 6.92 Å². The minimum Gasteiger partial charge on any atom is -0.376 e. The van der Waals surface area contributed by atoms with Gasteiger partial charge < -0.3 is 19.7 Å². The van der Waals surface area contributed by atoms with E-state index in [2.05, 4.69) is 30.3 Å². The summed E-state index contributed by atoms with van der Waals surface area (Å²) in [4.78, 5) is 7.18. The molecule has 0 saturated carbocycles. The van der Waals surface area contributed by atoms with Gasteiger partial charge in [0, 0.05) is 31.5 Å². The molecule has 25 heavy (non-hydrogen) atoms. The molecule has 0 aromatic carbocycles. The number of guanidine groups is 1. The number of thioether (sulfide) groups is 1. The number of halogens is 1. The minimum atomic E-state index is 0. The van der Waals surface area contributed by atoms with E-state index in [9.17, 15) is 0 Å². The lowest BCUT2D eigenvalue weighted by Crippen LogP contribution is -2.47. The third kappa shape index (κ3) is 8.67. The van der Waals surface area contributed by atoms with Crippen LogP contribution in [0.15, 0.2) is 4.99 Å². The second kappa shape index (κ2) is 13.4. The second-order valence-corrected chi connectivity index (χ2v) is 8.03. The van der Waals surface area contributed by atoms with E-state index in [0.29, 0.717) is 17.5 Å². The highest BCUT2D eigenvalue weighted by Crippen LogP contribution is 2.18. The monoisotopic (exact) mass is 485 g/mol. The number of likely N-dealkylation sites (tertiary alicyclic amines) is 1. The largest absolute Gasteiger partial charge is 0.376 e. The summed E-state index contributed by atoms with van der Waals surface area (Å²) in [5.74, 6) is 1.06. The summed E-state index contributed by atoms with van der Waals surface area (Å²) >= 11 is 1.87. The highest BCUT2D eigenvalue weighted by atomic mass is 127. The van der Waals surface area contributed by atoms with Crippen molar-refractivity contribution in [3.8, 4) is 0 Å². The van der Waals surface area contributed by atoms with Crippen LogP contribution in [-0.4, -0.2) is 74.0 Å². The van der Waals surface area contributed by atoms with E-state index in [-0.39, 0.29) is 24.0 Å². The van der Waals surface area contributed by atoms with E-state index < -0.39 is 0 Å². The number of aliphatic imine (C=N–C) groups is 1. The molecule has 2 aliphatic rings. The van der Waals surface area contributed by atoms with Gasteiger partial charge in [0.25, 0.3) is 0 Å². The van der Waals surface area contributed by atoms with Crippen LogP contribution in [0.1, 0.15) is 46.0 Å². The van der Waals surface area contributed by atoms with Crippen LogP contribution in [-0.2, 0) is 9.47 Å². The number of nitrogens with zero attached hydrogens (tertiary/aromatic N) is 2. The Balaban J connectivity index is 0.00000312. The molecular weight excluding hydrogens is 449 g/mol. The van der Waals surface area contributed by atoms with Gasteiger partial charge in [-0.05, 0) is 45.3 Å². The van der Waals surface area contributed by atoms with Crippen LogP contribution < -0.4 is 5.32 Å². The van der Waals surface area contributed by atoms with Crippen molar-refractivity contribution in [1.29, 1.82) is 0 Å². The summed E-state index contributed by atoms with van der Waals surface area (Å²) in [6.45, 7) is 9.87. The molecule has 0 spiro atoms. The molecule has 5 nitrogen and oxygen atoms in total. The molecule has 0 amide bonds. The number of hydrogen-bond donors (Lipinski definition) is 1. The lowest BCUT2D eigenvalue weighted by atomic mass is 10.1. The quantitative estimate of drug-likeness (QED) is 0.341. The van der Waals surface area contributed by atoms with Crippen molar-refractivity contribution in [2.45, 2.75) is 63.4 Å². The van der Waals surface area contributed by atoms with Crippen LogP contribution in [0.4, 0.5) is 0 Å². The van der Waals surface area contributed by atoms with E-state index in [1.54, 1.807) is 0 Å². The molecule has 2 fully saturated rings. The van der Waals surface area contributed by atoms with Crippen molar-refractivity contribution in [1.82, 2.24) is 10.2 Å². The van der Waals surface area contributed by atoms with Crippen LogP contribution >= 0.6 is 35.7 Å². The zero-order valence-electron chi connectivity index (χ0n) is 16.0. The predicted octanol–water partition coefficient (Wildman–Crippen LogP) is 3.37. The molecule has 148 valence electrons. The minimum absolute atomic E-state index is 0. The summed E-state index contributed by atoms with van der Waals surface area (Å²) in [7, 11) is 0. The maximum absolute atomic E-state index is 6.11. The molecule has 0 radical (unpaired) electrons. The Hall–Kier alpha value is 0.270. The van der Waals surface area contributed by atoms with Crippen LogP contribution in [0.3, 0.4) is 0 Å². The average Bonchev–Trinajstić information content (AvgIpc) is 2.64. The van der Waals surface area contributed by atoms with Gasteiger partial charge in [0.15, 0.2) is 5.96 Å². The number of hydrogen-bond acceptors (Lipinski definition) is 4. The van der Waals surface area contributed by atoms with Crippen LogP contribution in [0.2, 0.25) is 0 Å². The Bertz CT molecular complexity index is 373. The average molecular weight is 485 g/mol. The van der Waals surface area contributed by atoms with Gasteiger partial charge in [0.05, 0.1) is 25.4 Å². The van der Waals surface area contributed by atoms with E-state index in [1.165, 1.54) is 12.8 Å². The predicted molar refractivity (Wildman–Crippen MR) is 119 cm³/mol. The fourth-order valence-corrected chi connectivity index (χ4v) is 3.36. The zero-order valence-corrected chi connectivity index (χ0v) is 19.2. The maximum atomic E-state index is 6.11. The van der Waals surface area contributed by atoms with Crippen molar-refractivity contribution >= 4 is 41.7 Å². The SMILES string of the molecule is CCNC(=NCC(C)SC)N1CCC(OCC2CCCCO2)CC1.I. The molecule has 0 aromatic rings. The van der Waals surface area contributed by atoms with Crippen molar-refractivity contribution in [2.24, 2.45) is 4.99 Å². The van der Waals surface area contributed by atoms with Crippen LogP contribution in [0.5, 0.6) is 0 Å². The first-order chi connectivity index (χ1) is 11.7. The van der Waals surface area contributed by atoms with Crippen molar-refractivity contribution < 1.29 is 9.47 Å². The molecule has 2 aliphatic heterocycles. The number of ether oxygens (including phenoxy) is 2. The summed E-state index contributed by atoms with van der Waals surface area (Å²) in [6, 6.07) is 0. The smallest absolute Gasteiger partial charge is 0.193 e. The van der Waals surface area contributed by atoms with Gasteiger partial charge in [-0.2, -0.15) is 11.8 Å². The molecular formula is C18H36IN3O2S. The lowest BCUT2D eigenvalue weighted by Gasteiger charge is -2.35. The van der Waals surface area contributed by atoms with E-state index in [1.807, 2.05) is 11.8 Å². The molecule has 2 rings (SSSR count). The molecule has 0 aliphatic carbocycles. The van der Waals surface area contributed by atoms with Gasteiger partial charge in [-0.15, -0.1) is 24.0 Å². The Morgan fingerprint density at radius 2 is 2.08 bits per heavy atom. The topological polar surface area (TPSA) is 46.1 Å². The highest BCUT2D eigenvalue weighted by Gasteiger charge is 2.23. The zero-order chi connectivity index (χ0) is 17.2. The highest BCUT2D eigenvalue weighted by molar-refractivity contribution is 14.0. The Morgan fingerprint density at radius 1 is 1.32 bits per heavy atom. The molecule has 2 heterocycles. The molecule has 2 atom stereocenters. The molecule has 7 heteroatoms. The van der Waals surface area contributed by atoms with Gasteiger partial charge in [-0.3, -0.25) is 4.99 Å². The Labute approximate surface area is 175 Å². The maximum Gasteiger partial charge on any atom is 0.193 e. The third-order valence-corrected chi connectivity index (χ3v) is 5.72. The summed E-state index contributed by atoms with van der Waals surface area (Å²) in [5, 5.41) is 4.00. The Kier molecular flexibility index (Phi) is 12.5. The van der Waals surface area contributed by atoms with Gasteiger partial charge in [0.2, 0.25) is 0 Å². The molecule has 1 N–H and O–H groups in total. The van der Waals surface area contributed by atoms with Crippen molar-refractivity contribution in [2.75, 3.05) is 45.6 Å². The third-order valence-electron chi connectivity index (χ3n) is 4.77. The summed E-state index contributed by atoms with van der Waals surface area (Å²) in [6.07, 6.45) is 8.64. The molecule has 2 saturated heterocycles. The van der Waals surface area contributed by atoms with E-state index in [4.69, 9.17) is 14.5 Å². The molecule has 0 bridgehead atoms. The Morgan fingerprint density at radius 3 is 2.68 bits per heavy atom.